The number of allylic oxidation sites excluding steroid dienone is 3. The number of benzene rings is 1. The molecule has 11 nitrogen and oxygen atoms in total. The topological polar surface area (TPSA) is 175 Å². The number of nitrogens with one attached hydrogen (secondary N) is 1. The zero-order valence-corrected chi connectivity index (χ0v) is 23.8. The molecule has 41 heavy (non-hydrogen) atoms. The van der Waals surface area contributed by atoms with Crippen LogP contribution in [0.25, 0.3) is 0 Å². The van der Waals surface area contributed by atoms with Crippen LogP contribution in [0, 0.1) is 16.7 Å². The van der Waals surface area contributed by atoms with Gasteiger partial charge in [-0.05, 0) is 47.7 Å². The molecule has 1 atom stereocenters. The third-order valence-corrected chi connectivity index (χ3v) is 8.77. The number of hydrogen-bond donors (Lipinski definition) is 3. The number of thioether (sulfide) groups is 1. The van der Waals surface area contributed by atoms with E-state index in [-0.39, 0.29) is 39.8 Å². The Balaban J connectivity index is 1.41. The Bertz CT molecular complexity index is 1640. The fourth-order valence-corrected chi connectivity index (χ4v) is 6.66. The number of aromatic nitrogens is 3. The Hall–Kier alpha value is -4.54. The van der Waals surface area contributed by atoms with Gasteiger partial charge in [0.05, 0.1) is 28.9 Å². The molecule has 4 N–H and O–H groups in total. The zero-order chi connectivity index (χ0) is 29.3. The van der Waals surface area contributed by atoms with Gasteiger partial charge in [0.25, 0.3) is 0 Å². The van der Waals surface area contributed by atoms with E-state index in [0.29, 0.717) is 44.8 Å². The van der Waals surface area contributed by atoms with Gasteiger partial charge in [0.15, 0.2) is 10.1 Å². The molecule has 5 rings (SSSR count). The summed E-state index contributed by atoms with van der Waals surface area (Å²) < 4.78 is 0.501. The van der Waals surface area contributed by atoms with Crippen LogP contribution in [0.1, 0.15) is 48.5 Å². The largest absolute Gasteiger partial charge is 0.478 e. The van der Waals surface area contributed by atoms with Crippen molar-refractivity contribution < 1.29 is 19.5 Å². The number of amides is 1. The van der Waals surface area contributed by atoms with Gasteiger partial charge in [-0.2, -0.15) is 5.26 Å². The minimum Gasteiger partial charge on any atom is -0.478 e. The summed E-state index contributed by atoms with van der Waals surface area (Å²) in [4.78, 5) is 42.9. The lowest BCUT2D eigenvalue weighted by molar-refractivity contribution is -0.118. The summed E-state index contributed by atoms with van der Waals surface area (Å²) in [5.74, 6) is -1.81. The number of nitrogens with two attached hydrogens (primary N) is 1. The van der Waals surface area contributed by atoms with Crippen molar-refractivity contribution in [3.63, 3.8) is 0 Å². The molecular weight excluding hydrogens is 562 g/mol. The van der Waals surface area contributed by atoms with Crippen molar-refractivity contribution in [2.45, 2.75) is 36.9 Å². The molecule has 0 spiro atoms. The van der Waals surface area contributed by atoms with Crippen molar-refractivity contribution in [3.8, 4) is 6.07 Å². The first-order valence-electron chi connectivity index (χ1n) is 12.5. The van der Waals surface area contributed by atoms with Crippen molar-refractivity contribution >= 4 is 51.6 Å². The molecule has 208 valence electrons. The van der Waals surface area contributed by atoms with E-state index in [1.165, 1.54) is 47.4 Å². The monoisotopic (exact) mass is 587 g/mol. The summed E-state index contributed by atoms with van der Waals surface area (Å²) in [5, 5.41) is 30.8. The van der Waals surface area contributed by atoms with Gasteiger partial charge < -0.3 is 16.2 Å². The van der Waals surface area contributed by atoms with Crippen LogP contribution >= 0.6 is 23.1 Å². The van der Waals surface area contributed by atoms with E-state index < -0.39 is 11.9 Å². The van der Waals surface area contributed by atoms with E-state index in [2.05, 4.69) is 26.6 Å². The molecule has 3 aromatic rings. The van der Waals surface area contributed by atoms with Crippen LogP contribution in [0.4, 0.5) is 10.8 Å². The number of aromatic carboxylic acids is 1. The first kappa shape index (κ1) is 28.0. The van der Waals surface area contributed by atoms with E-state index in [4.69, 9.17) is 10.8 Å². The van der Waals surface area contributed by atoms with Crippen LogP contribution in [-0.2, 0) is 9.59 Å². The third kappa shape index (κ3) is 5.70. The SMILES string of the molecule is CC1(C)CC(=O)C2=C(C1)N(c1nnc(SCC(=O)Nc3ccc(C(=O)O)cc3)s1)C(N)=C(C#N)C2c1cccnc1. The lowest BCUT2D eigenvalue weighted by Gasteiger charge is -2.42. The minimum absolute atomic E-state index is 0.0344. The standard InChI is InChI=1S/C28H25N7O4S2/c1-28(2)10-19-23(20(36)11-28)22(16-4-3-9-31-13-16)18(12-29)24(30)35(19)26-33-34-27(41-26)40-14-21(37)32-17-7-5-15(6-8-17)25(38)39/h3-9,13,22H,10-11,14,30H2,1-2H3,(H,32,37)(H,38,39). The summed E-state index contributed by atoms with van der Waals surface area (Å²) in [6.07, 6.45) is 4.15. The number of pyridine rings is 1. The molecular formula is C28H25N7O4S2. The second kappa shape index (κ2) is 11.1. The molecule has 1 aliphatic carbocycles. The number of Topliss-reactive ketones (excluding diaryl/α,β-unsaturated/α-hetero) is 1. The second-order valence-corrected chi connectivity index (χ2v) is 12.5. The highest BCUT2D eigenvalue weighted by molar-refractivity contribution is 8.01. The van der Waals surface area contributed by atoms with Crippen LogP contribution in [0.3, 0.4) is 0 Å². The first-order valence-corrected chi connectivity index (χ1v) is 14.3. The smallest absolute Gasteiger partial charge is 0.335 e. The number of hydrogen-bond acceptors (Lipinski definition) is 11. The molecule has 1 amide bonds. The number of carbonyl (C=O) groups excluding carboxylic acids is 2. The number of nitrogens with zero attached hydrogens (tertiary/aromatic N) is 5. The van der Waals surface area contributed by atoms with Gasteiger partial charge in [-0.25, -0.2) is 4.79 Å². The Morgan fingerprint density at radius 3 is 2.66 bits per heavy atom. The molecule has 0 radical (unpaired) electrons. The van der Waals surface area contributed by atoms with Crippen LogP contribution in [0.5, 0.6) is 0 Å². The lowest BCUT2D eigenvalue weighted by Crippen LogP contribution is -2.42. The zero-order valence-electron chi connectivity index (χ0n) is 22.1. The molecule has 0 saturated heterocycles. The number of carbonyl (C=O) groups is 3. The summed E-state index contributed by atoms with van der Waals surface area (Å²) in [6.45, 7) is 4.03. The maximum absolute atomic E-state index is 13.6. The Kier molecular flexibility index (Phi) is 7.61. The van der Waals surface area contributed by atoms with Gasteiger partial charge in [-0.1, -0.05) is 43.0 Å². The summed E-state index contributed by atoms with van der Waals surface area (Å²) in [5.41, 5.74) is 9.05. The highest BCUT2D eigenvalue weighted by Gasteiger charge is 2.45. The van der Waals surface area contributed by atoms with Crippen LogP contribution in [0.2, 0.25) is 0 Å². The fourth-order valence-electron chi connectivity index (χ4n) is 4.98. The summed E-state index contributed by atoms with van der Waals surface area (Å²) >= 11 is 2.38. The summed E-state index contributed by atoms with van der Waals surface area (Å²) in [7, 11) is 0. The molecule has 13 heteroatoms. The average Bonchev–Trinajstić information content (AvgIpc) is 3.40. The Morgan fingerprint density at radius 2 is 2.00 bits per heavy atom. The van der Waals surface area contributed by atoms with Gasteiger partial charge in [0, 0.05) is 35.8 Å². The van der Waals surface area contributed by atoms with Crippen molar-refractivity contribution in [2.75, 3.05) is 16.0 Å². The predicted octanol–water partition coefficient (Wildman–Crippen LogP) is 4.30. The van der Waals surface area contributed by atoms with Crippen LogP contribution < -0.4 is 16.0 Å². The molecule has 0 bridgehead atoms. The molecule has 1 aliphatic heterocycles. The van der Waals surface area contributed by atoms with Gasteiger partial charge in [0.1, 0.15) is 5.82 Å². The van der Waals surface area contributed by atoms with Gasteiger partial charge >= 0.3 is 5.97 Å². The van der Waals surface area contributed by atoms with E-state index in [0.717, 1.165) is 0 Å². The quantitative estimate of drug-likeness (QED) is 0.336. The molecule has 2 aliphatic rings. The summed E-state index contributed by atoms with van der Waals surface area (Å²) in [6, 6.07) is 11.7. The number of nitriles is 1. The number of carboxylic acids is 1. The maximum Gasteiger partial charge on any atom is 0.335 e. The minimum atomic E-state index is -1.05. The second-order valence-electron chi connectivity index (χ2n) is 10.3. The van der Waals surface area contributed by atoms with E-state index in [1.807, 2.05) is 19.9 Å². The van der Waals surface area contributed by atoms with Gasteiger partial charge in [-0.3, -0.25) is 19.5 Å². The lowest BCUT2D eigenvalue weighted by atomic mass is 9.69. The van der Waals surface area contributed by atoms with E-state index in [1.54, 1.807) is 23.4 Å². The number of anilines is 2. The fraction of sp³-hybridized carbons (Fsp3) is 0.250. The number of ketones is 1. The molecule has 0 fully saturated rings. The average molecular weight is 588 g/mol. The van der Waals surface area contributed by atoms with Crippen molar-refractivity contribution in [1.29, 1.82) is 5.26 Å². The van der Waals surface area contributed by atoms with E-state index >= 15 is 0 Å². The highest BCUT2D eigenvalue weighted by atomic mass is 32.2. The van der Waals surface area contributed by atoms with Crippen molar-refractivity contribution in [1.82, 2.24) is 15.2 Å². The molecule has 0 saturated carbocycles. The molecule has 2 aromatic heterocycles. The highest BCUT2D eigenvalue weighted by Crippen LogP contribution is 2.50. The molecule has 1 aromatic carbocycles. The molecule has 3 heterocycles. The van der Waals surface area contributed by atoms with Gasteiger partial charge in [0.2, 0.25) is 11.0 Å². The molecule has 1 unspecified atom stereocenters. The van der Waals surface area contributed by atoms with E-state index in [9.17, 15) is 19.6 Å². The maximum atomic E-state index is 13.6. The van der Waals surface area contributed by atoms with Crippen molar-refractivity contribution in [2.24, 2.45) is 11.1 Å². The van der Waals surface area contributed by atoms with Crippen LogP contribution in [-0.4, -0.2) is 43.7 Å². The first-order chi connectivity index (χ1) is 19.6. The Labute approximate surface area is 243 Å². The van der Waals surface area contributed by atoms with Gasteiger partial charge in [-0.15, -0.1) is 10.2 Å². The normalized spacial score (nSPS) is 18.1. The van der Waals surface area contributed by atoms with Crippen molar-refractivity contribution in [3.05, 3.63) is 82.6 Å². The third-order valence-electron chi connectivity index (χ3n) is 6.73. The number of carboxylic acid groups (broad SMARTS) is 1. The Morgan fingerprint density at radius 1 is 1.24 bits per heavy atom. The van der Waals surface area contributed by atoms with Crippen LogP contribution in [0.15, 0.2) is 75.8 Å². The predicted molar refractivity (Wildman–Crippen MR) is 154 cm³/mol. The number of rotatable bonds is 7.